The quantitative estimate of drug-likeness (QED) is 0.420. The molecule has 7 nitrogen and oxygen atoms in total. The Morgan fingerprint density at radius 2 is 1.97 bits per heavy atom. The number of nitrogens with zero attached hydrogens (tertiary/aromatic N) is 2. The minimum atomic E-state index is -0.606. The number of hydrogen-bond acceptors (Lipinski definition) is 6. The maximum Gasteiger partial charge on any atom is 0.267 e. The Hall–Kier alpha value is -4.12. The summed E-state index contributed by atoms with van der Waals surface area (Å²) in [7, 11) is 0. The van der Waals surface area contributed by atoms with E-state index in [1.165, 1.54) is 18.2 Å². The van der Waals surface area contributed by atoms with Crippen LogP contribution in [0.3, 0.4) is 0 Å². The SMILES string of the molecule is CCOc1cc(/C=C(/C#N)C(=O)Nc2cc(C)on2)ccc1OCc1ccc(F)cc1. The second-order valence-corrected chi connectivity index (χ2v) is 6.50. The molecule has 1 aromatic heterocycles. The summed E-state index contributed by atoms with van der Waals surface area (Å²) in [5, 5.41) is 15.6. The number of carbonyl (C=O) groups excluding carboxylic acids is 1. The number of carbonyl (C=O) groups is 1. The molecule has 8 heteroatoms. The maximum absolute atomic E-state index is 13.0. The Morgan fingerprint density at radius 3 is 2.61 bits per heavy atom. The third kappa shape index (κ3) is 5.93. The molecular formula is C23H20FN3O4. The summed E-state index contributed by atoms with van der Waals surface area (Å²) < 4.78 is 29.4. The lowest BCUT2D eigenvalue weighted by atomic mass is 10.1. The van der Waals surface area contributed by atoms with Crippen LogP contribution >= 0.6 is 0 Å². The van der Waals surface area contributed by atoms with E-state index in [0.717, 1.165) is 5.56 Å². The number of halogens is 1. The number of rotatable bonds is 8. The first kappa shape index (κ1) is 21.6. The van der Waals surface area contributed by atoms with E-state index in [2.05, 4.69) is 10.5 Å². The third-order valence-corrected chi connectivity index (χ3v) is 4.12. The van der Waals surface area contributed by atoms with Crippen LogP contribution in [0.2, 0.25) is 0 Å². The van der Waals surface area contributed by atoms with Gasteiger partial charge in [0.15, 0.2) is 17.3 Å². The number of ether oxygens (including phenoxy) is 2. The molecule has 1 amide bonds. The molecule has 31 heavy (non-hydrogen) atoms. The molecular weight excluding hydrogens is 401 g/mol. The third-order valence-electron chi connectivity index (χ3n) is 4.12. The molecule has 0 bridgehead atoms. The molecule has 0 saturated heterocycles. The van der Waals surface area contributed by atoms with Crippen LogP contribution in [0.25, 0.3) is 6.08 Å². The molecule has 158 valence electrons. The monoisotopic (exact) mass is 421 g/mol. The van der Waals surface area contributed by atoms with E-state index in [-0.39, 0.29) is 23.8 Å². The molecule has 3 rings (SSSR count). The molecule has 0 aliphatic carbocycles. The zero-order valence-corrected chi connectivity index (χ0v) is 17.0. The van der Waals surface area contributed by atoms with Gasteiger partial charge in [0.2, 0.25) is 0 Å². The van der Waals surface area contributed by atoms with Crippen LogP contribution in [0.15, 0.2) is 58.6 Å². The van der Waals surface area contributed by atoms with Gasteiger partial charge < -0.3 is 19.3 Å². The lowest BCUT2D eigenvalue weighted by molar-refractivity contribution is -0.112. The molecule has 0 unspecified atom stereocenters. The first-order valence-corrected chi connectivity index (χ1v) is 9.49. The van der Waals surface area contributed by atoms with Gasteiger partial charge in [-0.2, -0.15) is 5.26 Å². The van der Waals surface area contributed by atoms with Gasteiger partial charge in [0.05, 0.1) is 6.61 Å². The Balaban J connectivity index is 1.77. The van der Waals surface area contributed by atoms with Crippen molar-refractivity contribution in [3.63, 3.8) is 0 Å². The number of aryl methyl sites for hydroxylation is 1. The zero-order chi connectivity index (χ0) is 22.2. The van der Waals surface area contributed by atoms with Crippen molar-refractivity contribution in [3.05, 3.63) is 76.8 Å². The summed E-state index contributed by atoms with van der Waals surface area (Å²) >= 11 is 0. The minimum absolute atomic E-state index is 0.108. The molecule has 1 N–H and O–H groups in total. The van der Waals surface area contributed by atoms with Crippen LogP contribution in [0.4, 0.5) is 10.2 Å². The summed E-state index contributed by atoms with van der Waals surface area (Å²) in [6.45, 7) is 4.16. The molecule has 0 saturated carbocycles. The van der Waals surface area contributed by atoms with Crippen molar-refractivity contribution in [3.8, 4) is 17.6 Å². The fourth-order valence-corrected chi connectivity index (χ4v) is 2.67. The van der Waals surface area contributed by atoms with Crippen molar-refractivity contribution < 1.29 is 23.2 Å². The van der Waals surface area contributed by atoms with Crippen molar-refractivity contribution in [2.75, 3.05) is 11.9 Å². The lowest BCUT2D eigenvalue weighted by Gasteiger charge is -2.13. The fourth-order valence-electron chi connectivity index (χ4n) is 2.67. The summed E-state index contributed by atoms with van der Waals surface area (Å²) in [6, 6.07) is 14.5. The van der Waals surface area contributed by atoms with Crippen LogP contribution < -0.4 is 14.8 Å². The van der Waals surface area contributed by atoms with Crippen LogP contribution in [-0.4, -0.2) is 17.7 Å². The van der Waals surface area contributed by atoms with Gasteiger partial charge >= 0.3 is 0 Å². The number of aromatic nitrogens is 1. The van der Waals surface area contributed by atoms with Crippen molar-refractivity contribution >= 4 is 17.8 Å². The van der Waals surface area contributed by atoms with Gasteiger partial charge in [-0.15, -0.1) is 0 Å². The normalized spacial score (nSPS) is 11.0. The average molecular weight is 421 g/mol. The van der Waals surface area contributed by atoms with E-state index >= 15 is 0 Å². The van der Waals surface area contributed by atoms with E-state index in [9.17, 15) is 14.4 Å². The number of nitriles is 1. The van der Waals surface area contributed by atoms with Gasteiger partial charge in [-0.25, -0.2) is 4.39 Å². The molecule has 0 radical (unpaired) electrons. The van der Waals surface area contributed by atoms with E-state index in [0.29, 0.717) is 29.4 Å². The Kier molecular flexibility index (Phi) is 7.01. The number of benzene rings is 2. The second-order valence-electron chi connectivity index (χ2n) is 6.50. The average Bonchev–Trinajstić information content (AvgIpc) is 3.17. The van der Waals surface area contributed by atoms with E-state index in [4.69, 9.17) is 14.0 Å². The second kappa shape index (κ2) is 10.1. The minimum Gasteiger partial charge on any atom is -0.490 e. The number of amides is 1. The molecule has 0 aliphatic heterocycles. The van der Waals surface area contributed by atoms with E-state index in [1.807, 2.05) is 13.0 Å². The summed E-state index contributed by atoms with van der Waals surface area (Å²) in [5.41, 5.74) is 1.28. The van der Waals surface area contributed by atoms with Crippen molar-refractivity contribution in [2.45, 2.75) is 20.5 Å². The molecule has 3 aromatic rings. The highest BCUT2D eigenvalue weighted by Crippen LogP contribution is 2.30. The number of anilines is 1. The largest absolute Gasteiger partial charge is 0.490 e. The Bertz CT molecular complexity index is 1130. The smallest absolute Gasteiger partial charge is 0.267 e. The standard InChI is InChI=1S/C23H20FN3O4/c1-3-29-21-12-17(6-9-20(21)30-14-16-4-7-19(24)8-5-16)11-18(13-25)23(28)26-22-10-15(2)31-27-22/h4-12H,3,14H2,1-2H3,(H,26,27,28)/b18-11-. The molecule has 0 aliphatic rings. The summed E-state index contributed by atoms with van der Waals surface area (Å²) in [4.78, 5) is 12.4. The van der Waals surface area contributed by atoms with Gasteiger partial charge in [0.1, 0.15) is 29.8 Å². The summed E-state index contributed by atoms with van der Waals surface area (Å²) in [5.74, 6) is 0.794. The Morgan fingerprint density at radius 1 is 1.19 bits per heavy atom. The van der Waals surface area contributed by atoms with Crippen molar-refractivity contribution in [2.24, 2.45) is 0 Å². The van der Waals surface area contributed by atoms with Crippen LogP contribution in [0.1, 0.15) is 23.8 Å². The highest BCUT2D eigenvalue weighted by atomic mass is 19.1. The highest BCUT2D eigenvalue weighted by molar-refractivity contribution is 6.09. The van der Waals surface area contributed by atoms with Gasteiger partial charge in [0, 0.05) is 6.07 Å². The Labute approximate surface area is 178 Å². The predicted octanol–water partition coefficient (Wildman–Crippen LogP) is 4.65. The van der Waals surface area contributed by atoms with Gasteiger partial charge in [0.25, 0.3) is 5.91 Å². The molecule has 1 heterocycles. The van der Waals surface area contributed by atoms with Crippen LogP contribution in [-0.2, 0) is 11.4 Å². The van der Waals surface area contributed by atoms with Crippen molar-refractivity contribution in [1.82, 2.24) is 5.16 Å². The maximum atomic E-state index is 13.0. The van der Waals surface area contributed by atoms with E-state index in [1.54, 1.807) is 43.3 Å². The predicted molar refractivity (Wildman–Crippen MR) is 112 cm³/mol. The van der Waals surface area contributed by atoms with Crippen LogP contribution in [0, 0.1) is 24.1 Å². The first-order chi connectivity index (χ1) is 15.0. The summed E-state index contributed by atoms with van der Waals surface area (Å²) in [6.07, 6.45) is 1.44. The molecule has 2 aromatic carbocycles. The number of nitrogens with one attached hydrogen (secondary N) is 1. The van der Waals surface area contributed by atoms with E-state index < -0.39 is 5.91 Å². The van der Waals surface area contributed by atoms with Crippen molar-refractivity contribution in [1.29, 1.82) is 5.26 Å². The molecule has 0 atom stereocenters. The van der Waals surface area contributed by atoms with Gasteiger partial charge in [-0.3, -0.25) is 4.79 Å². The zero-order valence-electron chi connectivity index (χ0n) is 17.0. The molecule has 0 spiro atoms. The first-order valence-electron chi connectivity index (χ1n) is 9.49. The highest BCUT2D eigenvalue weighted by Gasteiger charge is 2.13. The van der Waals surface area contributed by atoms with Gasteiger partial charge in [-0.05, 0) is 55.3 Å². The number of hydrogen-bond donors (Lipinski definition) is 1. The molecule has 0 fully saturated rings. The van der Waals surface area contributed by atoms with Crippen LogP contribution in [0.5, 0.6) is 11.5 Å². The topological polar surface area (TPSA) is 97.4 Å². The fraction of sp³-hybridized carbons (Fsp3) is 0.174. The van der Waals surface area contributed by atoms with Gasteiger partial charge in [-0.1, -0.05) is 23.4 Å². The lowest BCUT2D eigenvalue weighted by Crippen LogP contribution is -2.13.